The minimum atomic E-state index is 0.686. The molecule has 90 valence electrons. The van der Waals surface area contributed by atoms with Gasteiger partial charge in [0, 0.05) is 39.3 Å². The van der Waals surface area contributed by atoms with Crippen LogP contribution < -0.4 is 0 Å². The predicted molar refractivity (Wildman–Crippen MR) is 64.3 cm³/mol. The molecule has 0 aromatic rings. The summed E-state index contributed by atoms with van der Waals surface area (Å²) in [6.07, 6.45) is 2.64. The van der Waals surface area contributed by atoms with Gasteiger partial charge in [-0.1, -0.05) is 13.3 Å². The molecule has 1 fully saturated rings. The normalized spacial score (nSPS) is 24.6. The standard InChI is InChI=1S/C12H26N2O/c1-4-5-6-13-7-8-14(9-10-15-3)12(2)11-13/h12H,4-11H2,1-3H3/t12-/m0/s1. The fourth-order valence-electron chi connectivity index (χ4n) is 2.20. The maximum absolute atomic E-state index is 5.13. The largest absolute Gasteiger partial charge is 0.383 e. The van der Waals surface area contributed by atoms with Gasteiger partial charge in [0.05, 0.1) is 6.61 Å². The number of hydrogen-bond donors (Lipinski definition) is 0. The van der Waals surface area contributed by atoms with E-state index in [0.29, 0.717) is 6.04 Å². The number of piperazine rings is 1. The molecule has 15 heavy (non-hydrogen) atoms. The van der Waals surface area contributed by atoms with Crippen molar-refractivity contribution in [1.82, 2.24) is 9.80 Å². The summed E-state index contributed by atoms with van der Waals surface area (Å²) >= 11 is 0. The van der Waals surface area contributed by atoms with E-state index < -0.39 is 0 Å². The molecule has 0 aromatic heterocycles. The summed E-state index contributed by atoms with van der Waals surface area (Å²) in [6, 6.07) is 0.686. The van der Waals surface area contributed by atoms with E-state index in [1.807, 2.05) is 0 Å². The third-order valence-electron chi connectivity index (χ3n) is 3.26. The number of methoxy groups -OCH3 is 1. The molecule has 0 saturated carbocycles. The van der Waals surface area contributed by atoms with Crippen molar-refractivity contribution >= 4 is 0 Å². The maximum Gasteiger partial charge on any atom is 0.0589 e. The first-order valence-electron chi connectivity index (χ1n) is 6.23. The van der Waals surface area contributed by atoms with Gasteiger partial charge in [0.2, 0.25) is 0 Å². The first-order chi connectivity index (χ1) is 7.27. The Balaban J connectivity index is 2.21. The Bertz CT molecular complexity index is 164. The lowest BCUT2D eigenvalue weighted by molar-refractivity contribution is 0.0585. The third kappa shape index (κ3) is 4.49. The smallest absolute Gasteiger partial charge is 0.0589 e. The lowest BCUT2D eigenvalue weighted by Crippen LogP contribution is -2.52. The Labute approximate surface area is 94.4 Å². The molecule has 0 aliphatic carbocycles. The molecule has 1 heterocycles. The van der Waals surface area contributed by atoms with Crippen molar-refractivity contribution in [3.8, 4) is 0 Å². The van der Waals surface area contributed by atoms with Crippen molar-refractivity contribution < 1.29 is 4.74 Å². The van der Waals surface area contributed by atoms with E-state index in [2.05, 4.69) is 23.6 Å². The second-order valence-electron chi connectivity index (χ2n) is 4.53. The molecule has 0 unspecified atom stereocenters. The molecule has 0 aromatic carbocycles. The van der Waals surface area contributed by atoms with E-state index in [-0.39, 0.29) is 0 Å². The van der Waals surface area contributed by atoms with Crippen LogP contribution in [0.3, 0.4) is 0 Å². The molecule has 1 aliphatic rings. The van der Waals surface area contributed by atoms with Crippen LogP contribution in [-0.2, 0) is 4.74 Å². The molecular formula is C12H26N2O. The highest BCUT2D eigenvalue weighted by Crippen LogP contribution is 2.09. The topological polar surface area (TPSA) is 15.7 Å². The summed E-state index contributed by atoms with van der Waals surface area (Å²) in [5.74, 6) is 0. The molecule has 1 saturated heterocycles. The van der Waals surface area contributed by atoms with Crippen LogP contribution in [0.2, 0.25) is 0 Å². The number of nitrogens with zero attached hydrogens (tertiary/aromatic N) is 2. The molecule has 0 spiro atoms. The average molecular weight is 214 g/mol. The SMILES string of the molecule is CCCCN1CCN(CCOC)[C@@H](C)C1. The Morgan fingerprint density at radius 1 is 1.27 bits per heavy atom. The third-order valence-corrected chi connectivity index (χ3v) is 3.26. The molecule has 3 heteroatoms. The van der Waals surface area contributed by atoms with Crippen molar-refractivity contribution in [3.05, 3.63) is 0 Å². The molecule has 0 amide bonds. The zero-order valence-corrected chi connectivity index (χ0v) is 10.5. The van der Waals surface area contributed by atoms with Crippen LogP contribution in [0.25, 0.3) is 0 Å². The van der Waals surface area contributed by atoms with Crippen molar-refractivity contribution in [1.29, 1.82) is 0 Å². The lowest BCUT2D eigenvalue weighted by Gasteiger charge is -2.39. The highest BCUT2D eigenvalue weighted by Gasteiger charge is 2.22. The van der Waals surface area contributed by atoms with E-state index in [1.54, 1.807) is 7.11 Å². The van der Waals surface area contributed by atoms with Crippen LogP contribution in [0.4, 0.5) is 0 Å². The minimum absolute atomic E-state index is 0.686. The van der Waals surface area contributed by atoms with Gasteiger partial charge in [0.25, 0.3) is 0 Å². The predicted octanol–water partition coefficient (Wildman–Crippen LogP) is 1.44. The Kier molecular flexibility index (Phi) is 6.22. The van der Waals surface area contributed by atoms with Gasteiger partial charge in [-0.05, 0) is 19.9 Å². The Morgan fingerprint density at radius 2 is 2.07 bits per heavy atom. The van der Waals surface area contributed by atoms with Gasteiger partial charge in [-0.25, -0.2) is 0 Å². The van der Waals surface area contributed by atoms with Crippen LogP contribution in [0, 0.1) is 0 Å². The first-order valence-corrected chi connectivity index (χ1v) is 6.23. The fraction of sp³-hybridized carbons (Fsp3) is 1.00. The number of ether oxygens (including phenoxy) is 1. The molecule has 1 atom stereocenters. The summed E-state index contributed by atoms with van der Waals surface area (Å²) in [5.41, 5.74) is 0. The average Bonchev–Trinajstić information content (AvgIpc) is 2.25. The zero-order chi connectivity index (χ0) is 11.1. The van der Waals surface area contributed by atoms with Crippen molar-refractivity contribution in [2.45, 2.75) is 32.7 Å². The van der Waals surface area contributed by atoms with Crippen molar-refractivity contribution in [3.63, 3.8) is 0 Å². The molecule has 3 nitrogen and oxygen atoms in total. The minimum Gasteiger partial charge on any atom is -0.383 e. The van der Waals surface area contributed by atoms with Gasteiger partial charge in [-0.15, -0.1) is 0 Å². The van der Waals surface area contributed by atoms with Crippen molar-refractivity contribution in [2.24, 2.45) is 0 Å². The molecule has 0 radical (unpaired) electrons. The van der Waals surface area contributed by atoms with Gasteiger partial charge in [-0.2, -0.15) is 0 Å². The summed E-state index contributed by atoms with van der Waals surface area (Å²) in [6.45, 7) is 11.5. The molecule has 0 bridgehead atoms. The van der Waals surface area contributed by atoms with Crippen LogP contribution >= 0.6 is 0 Å². The van der Waals surface area contributed by atoms with Gasteiger partial charge < -0.3 is 9.64 Å². The van der Waals surface area contributed by atoms with Crippen LogP contribution in [0.5, 0.6) is 0 Å². The second kappa shape index (κ2) is 7.20. The van der Waals surface area contributed by atoms with Gasteiger partial charge in [0.1, 0.15) is 0 Å². The summed E-state index contributed by atoms with van der Waals surface area (Å²) in [5, 5.41) is 0. The Hall–Kier alpha value is -0.120. The maximum atomic E-state index is 5.13. The number of unbranched alkanes of at least 4 members (excludes halogenated alkanes) is 1. The molecular weight excluding hydrogens is 188 g/mol. The van der Waals surface area contributed by atoms with E-state index in [4.69, 9.17) is 4.74 Å². The van der Waals surface area contributed by atoms with Crippen LogP contribution in [0.15, 0.2) is 0 Å². The molecule has 1 rings (SSSR count). The second-order valence-corrected chi connectivity index (χ2v) is 4.53. The van der Waals surface area contributed by atoms with Gasteiger partial charge >= 0.3 is 0 Å². The molecule has 1 aliphatic heterocycles. The van der Waals surface area contributed by atoms with E-state index in [1.165, 1.54) is 39.0 Å². The fourth-order valence-corrected chi connectivity index (χ4v) is 2.20. The number of rotatable bonds is 6. The number of hydrogen-bond acceptors (Lipinski definition) is 3. The van der Waals surface area contributed by atoms with Gasteiger partial charge in [-0.3, -0.25) is 4.90 Å². The zero-order valence-electron chi connectivity index (χ0n) is 10.5. The van der Waals surface area contributed by atoms with Crippen LogP contribution in [-0.4, -0.2) is 62.3 Å². The summed E-state index contributed by atoms with van der Waals surface area (Å²) < 4.78 is 5.13. The van der Waals surface area contributed by atoms with Crippen molar-refractivity contribution in [2.75, 3.05) is 46.4 Å². The highest BCUT2D eigenvalue weighted by molar-refractivity contribution is 4.78. The highest BCUT2D eigenvalue weighted by atomic mass is 16.5. The van der Waals surface area contributed by atoms with E-state index in [9.17, 15) is 0 Å². The quantitative estimate of drug-likeness (QED) is 0.665. The van der Waals surface area contributed by atoms with Crippen LogP contribution in [0.1, 0.15) is 26.7 Å². The van der Waals surface area contributed by atoms with E-state index in [0.717, 1.165) is 13.2 Å². The Morgan fingerprint density at radius 3 is 2.67 bits per heavy atom. The molecule has 0 N–H and O–H groups in total. The van der Waals surface area contributed by atoms with Gasteiger partial charge in [0.15, 0.2) is 0 Å². The first kappa shape index (κ1) is 12.9. The lowest BCUT2D eigenvalue weighted by atomic mass is 10.2. The summed E-state index contributed by atoms with van der Waals surface area (Å²) in [4.78, 5) is 5.13. The van der Waals surface area contributed by atoms with E-state index >= 15 is 0 Å². The monoisotopic (exact) mass is 214 g/mol. The summed E-state index contributed by atoms with van der Waals surface area (Å²) in [7, 11) is 1.78.